The van der Waals surface area contributed by atoms with E-state index in [4.69, 9.17) is 4.74 Å². The second-order valence-electron chi connectivity index (χ2n) is 5.10. The van der Waals surface area contributed by atoms with Gasteiger partial charge < -0.3 is 15.0 Å². The normalized spacial score (nSPS) is 20.2. The van der Waals surface area contributed by atoms with E-state index >= 15 is 0 Å². The highest BCUT2D eigenvalue weighted by molar-refractivity contribution is 5.54. The van der Waals surface area contributed by atoms with Crippen molar-refractivity contribution in [3.8, 4) is 0 Å². The van der Waals surface area contributed by atoms with Crippen LogP contribution in [0.3, 0.4) is 0 Å². The van der Waals surface area contributed by atoms with E-state index in [9.17, 15) is 0 Å². The first-order valence-electron chi connectivity index (χ1n) is 6.76. The van der Waals surface area contributed by atoms with Gasteiger partial charge in [-0.3, -0.25) is 0 Å². The maximum Gasteiger partial charge on any atom is 0.0746 e. The maximum absolute atomic E-state index is 5.49. The van der Waals surface area contributed by atoms with Crippen LogP contribution in [0.25, 0.3) is 0 Å². The molecule has 18 heavy (non-hydrogen) atoms. The molecule has 0 saturated carbocycles. The van der Waals surface area contributed by atoms with Gasteiger partial charge in [0.1, 0.15) is 0 Å². The number of nitrogens with zero attached hydrogens (tertiary/aromatic N) is 1. The Morgan fingerprint density at radius 1 is 1.44 bits per heavy atom. The molecule has 1 aromatic carbocycles. The second kappa shape index (κ2) is 6.21. The zero-order valence-corrected chi connectivity index (χ0v) is 11.7. The number of nitrogens with one attached hydrogen (secondary N) is 1. The molecular formula is C15H24N2O. The highest BCUT2D eigenvalue weighted by Gasteiger charge is 2.20. The van der Waals surface area contributed by atoms with Gasteiger partial charge in [-0.2, -0.15) is 0 Å². The van der Waals surface area contributed by atoms with E-state index in [2.05, 4.69) is 35.3 Å². The van der Waals surface area contributed by atoms with Crippen LogP contribution >= 0.6 is 0 Å². The van der Waals surface area contributed by atoms with Gasteiger partial charge in [-0.15, -0.1) is 0 Å². The average molecular weight is 248 g/mol. The van der Waals surface area contributed by atoms with Crippen molar-refractivity contribution in [2.24, 2.45) is 0 Å². The monoisotopic (exact) mass is 248 g/mol. The van der Waals surface area contributed by atoms with Gasteiger partial charge in [0, 0.05) is 32.4 Å². The van der Waals surface area contributed by atoms with Crippen LogP contribution in [-0.4, -0.2) is 33.4 Å². The van der Waals surface area contributed by atoms with E-state index in [1.807, 2.05) is 14.2 Å². The molecule has 1 aromatic rings. The molecule has 1 aliphatic rings. The van der Waals surface area contributed by atoms with Crippen LogP contribution in [0.4, 0.5) is 5.69 Å². The van der Waals surface area contributed by atoms with Crippen molar-refractivity contribution in [2.45, 2.75) is 32.4 Å². The van der Waals surface area contributed by atoms with Crippen molar-refractivity contribution >= 4 is 5.69 Å². The molecule has 0 aromatic heterocycles. The number of rotatable bonds is 4. The molecule has 0 spiro atoms. The Morgan fingerprint density at radius 3 is 2.94 bits per heavy atom. The van der Waals surface area contributed by atoms with Crippen molar-refractivity contribution in [1.82, 2.24) is 5.32 Å². The Morgan fingerprint density at radius 2 is 2.28 bits per heavy atom. The Bertz CT molecular complexity index is 392. The Labute approximate surface area is 110 Å². The van der Waals surface area contributed by atoms with Gasteiger partial charge in [-0.25, -0.2) is 0 Å². The van der Waals surface area contributed by atoms with Crippen LogP contribution in [-0.2, 0) is 11.3 Å². The minimum Gasteiger partial charge on any atom is -0.380 e. The number of anilines is 1. The van der Waals surface area contributed by atoms with Crippen LogP contribution in [0, 0.1) is 6.92 Å². The zero-order chi connectivity index (χ0) is 13.0. The van der Waals surface area contributed by atoms with Crippen molar-refractivity contribution in [2.75, 3.05) is 32.1 Å². The highest BCUT2D eigenvalue weighted by Crippen LogP contribution is 2.25. The van der Waals surface area contributed by atoms with Crippen molar-refractivity contribution in [3.05, 3.63) is 29.3 Å². The van der Waals surface area contributed by atoms with Gasteiger partial charge in [0.2, 0.25) is 0 Å². The van der Waals surface area contributed by atoms with Gasteiger partial charge in [0.05, 0.1) is 6.10 Å². The van der Waals surface area contributed by atoms with E-state index in [1.54, 1.807) is 0 Å². The number of hydrogen-bond acceptors (Lipinski definition) is 3. The molecule has 0 bridgehead atoms. The molecule has 3 nitrogen and oxygen atoms in total. The molecule has 1 atom stereocenters. The SMILES string of the molecule is CNCc1ccc(N2CCCC(OC)C2)c(C)c1. The van der Waals surface area contributed by atoms with E-state index in [0.29, 0.717) is 6.10 Å². The lowest BCUT2D eigenvalue weighted by molar-refractivity contribution is 0.0893. The van der Waals surface area contributed by atoms with Crippen molar-refractivity contribution < 1.29 is 4.74 Å². The lowest BCUT2D eigenvalue weighted by atomic mass is 10.0. The zero-order valence-electron chi connectivity index (χ0n) is 11.7. The molecule has 1 fully saturated rings. The fourth-order valence-corrected chi connectivity index (χ4v) is 2.74. The molecule has 1 saturated heterocycles. The summed E-state index contributed by atoms with van der Waals surface area (Å²) in [5, 5.41) is 3.19. The quantitative estimate of drug-likeness (QED) is 0.885. The number of aryl methyl sites for hydroxylation is 1. The molecule has 1 heterocycles. The summed E-state index contributed by atoms with van der Waals surface area (Å²) in [5.41, 5.74) is 4.06. The summed E-state index contributed by atoms with van der Waals surface area (Å²) in [7, 11) is 3.80. The summed E-state index contributed by atoms with van der Waals surface area (Å²) in [6.45, 7) is 5.29. The maximum atomic E-state index is 5.49. The van der Waals surface area contributed by atoms with Crippen LogP contribution in [0.2, 0.25) is 0 Å². The van der Waals surface area contributed by atoms with E-state index in [0.717, 1.165) is 19.6 Å². The summed E-state index contributed by atoms with van der Waals surface area (Å²) in [6, 6.07) is 6.75. The fourth-order valence-electron chi connectivity index (χ4n) is 2.74. The minimum absolute atomic E-state index is 0.384. The van der Waals surface area contributed by atoms with Crippen LogP contribution in [0.15, 0.2) is 18.2 Å². The molecule has 0 amide bonds. The first-order chi connectivity index (χ1) is 8.74. The van der Waals surface area contributed by atoms with Gasteiger partial charge in [-0.1, -0.05) is 12.1 Å². The average Bonchev–Trinajstić information content (AvgIpc) is 2.39. The minimum atomic E-state index is 0.384. The van der Waals surface area contributed by atoms with Crippen LogP contribution < -0.4 is 10.2 Å². The Balaban J connectivity index is 2.12. The fraction of sp³-hybridized carbons (Fsp3) is 0.600. The molecular weight excluding hydrogens is 224 g/mol. The number of ether oxygens (including phenoxy) is 1. The number of methoxy groups -OCH3 is 1. The summed E-state index contributed by atoms with van der Waals surface area (Å²) < 4.78 is 5.49. The molecule has 3 heteroatoms. The summed E-state index contributed by atoms with van der Waals surface area (Å²) in [4.78, 5) is 2.45. The molecule has 1 aliphatic heterocycles. The first kappa shape index (κ1) is 13.4. The highest BCUT2D eigenvalue weighted by atomic mass is 16.5. The summed E-state index contributed by atoms with van der Waals surface area (Å²) in [5.74, 6) is 0. The van der Waals surface area contributed by atoms with Crippen LogP contribution in [0.5, 0.6) is 0 Å². The largest absolute Gasteiger partial charge is 0.380 e. The second-order valence-corrected chi connectivity index (χ2v) is 5.10. The smallest absolute Gasteiger partial charge is 0.0746 e. The molecule has 0 radical (unpaired) electrons. The number of benzene rings is 1. The van der Waals surface area contributed by atoms with Gasteiger partial charge in [0.15, 0.2) is 0 Å². The predicted octanol–water partition coefficient (Wildman–Crippen LogP) is 2.33. The predicted molar refractivity (Wildman–Crippen MR) is 76.2 cm³/mol. The summed E-state index contributed by atoms with van der Waals surface area (Å²) >= 11 is 0. The van der Waals surface area contributed by atoms with E-state index in [1.165, 1.54) is 29.7 Å². The molecule has 100 valence electrons. The van der Waals surface area contributed by atoms with Crippen LogP contribution in [0.1, 0.15) is 24.0 Å². The first-order valence-corrected chi connectivity index (χ1v) is 6.76. The molecule has 1 N–H and O–H groups in total. The molecule has 1 unspecified atom stereocenters. The third-order valence-corrected chi connectivity index (χ3v) is 3.69. The van der Waals surface area contributed by atoms with Crippen molar-refractivity contribution in [1.29, 1.82) is 0 Å². The third-order valence-electron chi connectivity index (χ3n) is 3.69. The van der Waals surface area contributed by atoms with Gasteiger partial charge in [0.25, 0.3) is 0 Å². The van der Waals surface area contributed by atoms with E-state index in [-0.39, 0.29) is 0 Å². The Kier molecular flexibility index (Phi) is 4.61. The van der Waals surface area contributed by atoms with E-state index < -0.39 is 0 Å². The summed E-state index contributed by atoms with van der Waals surface area (Å²) in [6.07, 6.45) is 2.79. The number of piperidine rings is 1. The molecule has 0 aliphatic carbocycles. The standard InChI is InChI=1S/C15H24N2O/c1-12-9-13(10-16-2)6-7-15(12)17-8-4-5-14(11-17)18-3/h6-7,9,14,16H,4-5,8,10-11H2,1-3H3. The Hall–Kier alpha value is -1.06. The topological polar surface area (TPSA) is 24.5 Å². The van der Waals surface area contributed by atoms with Crippen molar-refractivity contribution in [3.63, 3.8) is 0 Å². The van der Waals surface area contributed by atoms with Gasteiger partial charge in [-0.05, 0) is 44.0 Å². The lowest BCUT2D eigenvalue weighted by Gasteiger charge is -2.34. The lowest BCUT2D eigenvalue weighted by Crippen LogP contribution is -2.39. The third kappa shape index (κ3) is 3.03. The van der Waals surface area contributed by atoms with Gasteiger partial charge >= 0.3 is 0 Å². The number of hydrogen-bond donors (Lipinski definition) is 1. The molecule has 2 rings (SSSR count).